The molecule has 0 saturated carbocycles. The Morgan fingerprint density at radius 3 is 2.35 bits per heavy atom. The highest BCUT2D eigenvalue weighted by Gasteiger charge is 2.57. The molecule has 0 spiro atoms. The molecule has 7 unspecified atom stereocenters. The van der Waals surface area contributed by atoms with Crippen LogP contribution >= 0.6 is 0 Å². The summed E-state index contributed by atoms with van der Waals surface area (Å²) in [6.07, 6.45) is 6.50. The minimum absolute atomic E-state index is 0.00607. The molecule has 2 rings (SSSR count). The molecule has 7 atom stereocenters. The number of hydrogen-bond acceptors (Lipinski definition) is 6. The van der Waals surface area contributed by atoms with E-state index in [1.807, 2.05) is 12.2 Å². The van der Waals surface area contributed by atoms with Crippen LogP contribution in [0.25, 0.3) is 0 Å². The molecule has 2 heterocycles. The largest absolute Gasteiger partial charge is 0.465 e. The topological polar surface area (TPSA) is 63.2 Å². The lowest BCUT2D eigenvalue weighted by atomic mass is 9.85. The van der Waals surface area contributed by atoms with Crippen LogP contribution in [0.4, 0.5) is 0 Å². The van der Waals surface area contributed by atoms with Crippen molar-refractivity contribution in [3.8, 4) is 0 Å². The number of ether oxygens (including phenoxy) is 5. The zero-order chi connectivity index (χ0) is 23.0. The number of carbonyl (C=O) groups is 1. The first-order chi connectivity index (χ1) is 14.8. The van der Waals surface area contributed by atoms with Crippen LogP contribution in [0.1, 0.15) is 67.2 Å². The molecule has 2 aliphatic heterocycles. The Morgan fingerprint density at radius 2 is 1.77 bits per heavy atom. The predicted octanol–water partition coefficient (Wildman–Crippen LogP) is 4.76. The van der Waals surface area contributed by atoms with Crippen molar-refractivity contribution in [1.82, 2.24) is 0 Å². The summed E-state index contributed by atoms with van der Waals surface area (Å²) < 4.78 is 30.0. The SMILES string of the molecule is CCC(C)COC(=O)C1CC2(C(OCC(CC)OC)OCC(CC)C(C)C)C=CC1O2. The molecule has 0 aromatic heterocycles. The van der Waals surface area contributed by atoms with Crippen LogP contribution in [0.15, 0.2) is 12.2 Å². The maximum atomic E-state index is 12.7. The van der Waals surface area contributed by atoms with Gasteiger partial charge in [-0.05, 0) is 30.3 Å². The van der Waals surface area contributed by atoms with Crippen molar-refractivity contribution in [1.29, 1.82) is 0 Å². The summed E-state index contributed by atoms with van der Waals surface area (Å²) in [5, 5.41) is 0. The van der Waals surface area contributed by atoms with Crippen molar-refractivity contribution < 1.29 is 28.5 Å². The average molecular weight is 441 g/mol. The fraction of sp³-hybridized carbons (Fsp3) is 0.880. The Morgan fingerprint density at radius 1 is 1.06 bits per heavy atom. The van der Waals surface area contributed by atoms with Gasteiger partial charge in [0.2, 0.25) is 0 Å². The molecule has 0 amide bonds. The van der Waals surface area contributed by atoms with Gasteiger partial charge >= 0.3 is 5.97 Å². The minimum atomic E-state index is -0.758. The molecule has 0 aromatic carbocycles. The van der Waals surface area contributed by atoms with E-state index < -0.39 is 11.9 Å². The fourth-order valence-electron chi connectivity index (χ4n) is 4.15. The zero-order valence-corrected chi connectivity index (χ0v) is 20.6. The van der Waals surface area contributed by atoms with Gasteiger partial charge in [-0.2, -0.15) is 0 Å². The van der Waals surface area contributed by atoms with Crippen molar-refractivity contribution in [2.75, 3.05) is 26.9 Å². The normalized spacial score (nSPS) is 28.6. The van der Waals surface area contributed by atoms with Gasteiger partial charge in [0.05, 0.1) is 37.9 Å². The van der Waals surface area contributed by atoms with Crippen LogP contribution in [0, 0.1) is 23.7 Å². The molecule has 31 heavy (non-hydrogen) atoms. The molecular formula is C25H44O6. The maximum absolute atomic E-state index is 12.7. The van der Waals surface area contributed by atoms with E-state index in [0.717, 1.165) is 19.3 Å². The van der Waals surface area contributed by atoms with E-state index >= 15 is 0 Å². The van der Waals surface area contributed by atoms with Gasteiger partial charge in [-0.15, -0.1) is 0 Å². The van der Waals surface area contributed by atoms with E-state index in [4.69, 9.17) is 23.7 Å². The highest BCUT2D eigenvalue weighted by molar-refractivity contribution is 5.74. The highest BCUT2D eigenvalue weighted by atomic mass is 16.7. The van der Waals surface area contributed by atoms with E-state index in [9.17, 15) is 4.79 Å². The molecule has 0 aliphatic carbocycles. The first kappa shape index (κ1) is 26.3. The van der Waals surface area contributed by atoms with Crippen LogP contribution in [0.3, 0.4) is 0 Å². The number of esters is 1. The summed E-state index contributed by atoms with van der Waals surface area (Å²) in [4.78, 5) is 12.7. The van der Waals surface area contributed by atoms with Crippen molar-refractivity contribution in [3.63, 3.8) is 0 Å². The van der Waals surface area contributed by atoms with E-state index in [1.54, 1.807) is 7.11 Å². The van der Waals surface area contributed by atoms with Crippen LogP contribution in [-0.2, 0) is 28.5 Å². The van der Waals surface area contributed by atoms with Gasteiger partial charge in [-0.3, -0.25) is 4.79 Å². The highest BCUT2D eigenvalue weighted by Crippen LogP contribution is 2.46. The number of carbonyl (C=O) groups excluding carboxylic acids is 1. The summed E-state index contributed by atoms with van der Waals surface area (Å²) >= 11 is 0. The Kier molecular flexibility index (Phi) is 10.5. The predicted molar refractivity (Wildman–Crippen MR) is 121 cm³/mol. The first-order valence-electron chi connectivity index (χ1n) is 12.1. The molecule has 180 valence electrons. The monoisotopic (exact) mass is 440 g/mol. The summed E-state index contributed by atoms with van der Waals surface area (Å²) in [5.74, 6) is 0.804. The van der Waals surface area contributed by atoms with Crippen LogP contribution in [-0.4, -0.2) is 57.0 Å². The van der Waals surface area contributed by atoms with Gasteiger partial charge in [0.1, 0.15) is 5.60 Å². The Balaban J connectivity index is 2.09. The van der Waals surface area contributed by atoms with E-state index in [0.29, 0.717) is 44.0 Å². The summed E-state index contributed by atoms with van der Waals surface area (Å²) in [5.41, 5.74) is -0.758. The Bertz CT molecular complexity index is 572. The summed E-state index contributed by atoms with van der Waals surface area (Å²) in [6, 6.07) is 0. The van der Waals surface area contributed by atoms with E-state index in [1.165, 1.54) is 0 Å². The van der Waals surface area contributed by atoms with Crippen molar-refractivity contribution in [2.24, 2.45) is 23.7 Å². The maximum Gasteiger partial charge on any atom is 0.312 e. The fourth-order valence-corrected chi connectivity index (χ4v) is 4.15. The Hall–Kier alpha value is -0.950. The molecule has 0 N–H and O–H groups in total. The summed E-state index contributed by atoms with van der Waals surface area (Å²) in [7, 11) is 1.69. The van der Waals surface area contributed by atoms with Crippen LogP contribution < -0.4 is 0 Å². The minimum Gasteiger partial charge on any atom is -0.465 e. The van der Waals surface area contributed by atoms with E-state index in [-0.39, 0.29) is 24.1 Å². The van der Waals surface area contributed by atoms with Crippen LogP contribution in [0.2, 0.25) is 0 Å². The van der Waals surface area contributed by atoms with Gasteiger partial charge in [0.25, 0.3) is 0 Å². The lowest BCUT2D eigenvalue weighted by molar-refractivity contribution is -0.238. The molecule has 2 bridgehead atoms. The lowest BCUT2D eigenvalue weighted by Crippen LogP contribution is -2.45. The molecule has 0 radical (unpaired) electrons. The molecule has 1 saturated heterocycles. The number of rotatable bonds is 15. The third kappa shape index (κ3) is 6.77. The Labute approximate surface area is 189 Å². The van der Waals surface area contributed by atoms with Crippen molar-refractivity contribution in [3.05, 3.63) is 12.2 Å². The smallest absolute Gasteiger partial charge is 0.312 e. The second-order valence-corrected chi connectivity index (χ2v) is 9.53. The molecule has 0 aromatic rings. The molecule has 1 fully saturated rings. The van der Waals surface area contributed by atoms with E-state index in [2.05, 4.69) is 41.5 Å². The summed E-state index contributed by atoms with van der Waals surface area (Å²) in [6.45, 7) is 14.3. The standard InChI is InChI=1S/C25H44O6/c1-8-18(6)14-28-23(26)21-13-25(12-11-22(21)31-25)24(30-16-20(10-3)27-7)29-15-19(9-2)17(4)5/h11-12,17-22,24H,8-10,13-16H2,1-7H3. The van der Waals surface area contributed by atoms with Gasteiger partial charge in [-0.1, -0.05) is 60.5 Å². The van der Waals surface area contributed by atoms with Crippen molar-refractivity contribution >= 4 is 5.97 Å². The molecule has 2 aliphatic rings. The molecular weight excluding hydrogens is 396 g/mol. The molecule has 6 nitrogen and oxygen atoms in total. The number of hydrogen-bond donors (Lipinski definition) is 0. The number of fused-ring (bicyclic) bond motifs is 2. The third-order valence-corrected chi connectivity index (χ3v) is 6.92. The van der Waals surface area contributed by atoms with Crippen LogP contribution in [0.5, 0.6) is 0 Å². The van der Waals surface area contributed by atoms with Gasteiger partial charge in [0, 0.05) is 13.5 Å². The lowest BCUT2D eigenvalue weighted by Gasteiger charge is -2.35. The quantitative estimate of drug-likeness (QED) is 0.208. The number of methoxy groups -OCH3 is 1. The van der Waals surface area contributed by atoms with Gasteiger partial charge in [0.15, 0.2) is 6.29 Å². The zero-order valence-electron chi connectivity index (χ0n) is 20.6. The second-order valence-electron chi connectivity index (χ2n) is 9.53. The first-order valence-corrected chi connectivity index (χ1v) is 12.1. The van der Waals surface area contributed by atoms with Crippen molar-refractivity contribution in [2.45, 2.75) is 91.3 Å². The average Bonchev–Trinajstić information content (AvgIpc) is 3.36. The molecule has 6 heteroatoms. The second kappa shape index (κ2) is 12.3. The van der Waals surface area contributed by atoms with Gasteiger partial charge < -0.3 is 23.7 Å². The third-order valence-electron chi connectivity index (χ3n) is 6.92. The van der Waals surface area contributed by atoms with Gasteiger partial charge in [-0.25, -0.2) is 0 Å².